The molecule has 9 heteroatoms. The second-order valence-corrected chi connectivity index (χ2v) is 6.63. The van der Waals surface area contributed by atoms with Crippen molar-refractivity contribution in [2.75, 3.05) is 6.26 Å². The highest BCUT2D eigenvalue weighted by Crippen LogP contribution is 2.38. The highest BCUT2D eigenvalue weighted by atomic mass is 32.2. The van der Waals surface area contributed by atoms with Gasteiger partial charge in [-0.2, -0.15) is 0 Å². The van der Waals surface area contributed by atoms with Crippen molar-refractivity contribution in [3.05, 3.63) is 35.4 Å². The van der Waals surface area contributed by atoms with E-state index >= 15 is 0 Å². The lowest BCUT2D eigenvalue weighted by Gasteiger charge is -2.07. The maximum Gasteiger partial charge on any atom is 0.180 e. The normalized spacial score (nSPS) is 10.8. The van der Waals surface area contributed by atoms with Crippen molar-refractivity contribution in [3.8, 4) is 0 Å². The van der Waals surface area contributed by atoms with Crippen LogP contribution in [0.4, 0.5) is 17.6 Å². The van der Waals surface area contributed by atoms with E-state index in [1.165, 1.54) is 11.8 Å². The Labute approximate surface area is 124 Å². The van der Waals surface area contributed by atoms with E-state index in [2.05, 4.69) is 16.8 Å². The van der Waals surface area contributed by atoms with E-state index in [0.29, 0.717) is 16.1 Å². The summed E-state index contributed by atoms with van der Waals surface area (Å²) in [6.45, 7) is 3.12. The van der Waals surface area contributed by atoms with Gasteiger partial charge in [-0.05, 0) is 6.26 Å². The van der Waals surface area contributed by atoms with Crippen LogP contribution in [-0.2, 0) is 0 Å². The third kappa shape index (κ3) is 2.70. The molecule has 0 unspecified atom stereocenters. The molecule has 1 aromatic heterocycles. The topological polar surface area (TPSA) is 25.8 Å². The Morgan fingerprint density at radius 3 is 2.00 bits per heavy atom. The SMILES string of the molecule is C=Cc1c(F)c(F)c(Sc2nnc(SC)s2)c(F)c1F. The highest BCUT2D eigenvalue weighted by molar-refractivity contribution is 8.03. The molecule has 2 rings (SSSR count). The summed E-state index contributed by atoms with van der Waals surface area (Å²) in [5.41, 5.74) is -0.827. The fraction of sp³-hybridized carbons (Fsp3) is 0.0909. The molecule has 0 N–H and O–H groups in total. The molecule has 0 amide bonds. The van der Waals surface area contributed by atoms with Gasteiger partial charge in [-0.15, -0.1) is 10.2 Å². The Morgan fingerprint density at radius 1 is 1.00 bits per heavy atom. The van der Waals surface area contributed by atoms with Crippen molar-refractivity contribution in [1.29, 1.82) is 0 Å². The van der Waals surface area contributed by atoms with Crippen molar-refractivity contribution in [1.82, 2.24) is 10.2 Å². The maximum atomic E-state index is 13.8. The monoisotopic (exact) mass is 338 g/mol. The zero-order valence-corrected chi connectivity index (χ0v) is 12.4. The van der Waals surface area contributed by atoms with Crippen molar-refractivity contribution in [2.24, 2.45) is 0 Å². The first-order chi connectivity index (χ1) is 9.49. The van der Waals surface area contributed by atoms with E-state index in [1.54, 1.807) is 6.26 Å². The van der Waals surface area contributed by atoms with Crippen LogP contribution in [0.2, 0.25) is 0 Å². The first-order valence-electron chi connectivity index (χ1n) is 5.03. The van der Waals surface area contributed by atoms with Gasteiger partial charge in [-0.3, -0.25) is 0 Å². The Balaban J connectivity index is 2.49. The fourth-order valence-electron chi connectivity index (χ4n) is 1.31. The van der Waals surface area contributed by atoms with Crippen molar-refractivity contribution < 1.29 is 17.6 Å². The van der Waals surface area contributed by atoms with Crippen molar-refractivity contribution in [3.63, 3.8) is 0 Å². The standard InChI is InChI=1S/C11H6F4N2S3/c1-3-4-5(12)7(14)9(8(15)6(4)13)19-11-17-16-10(18-2)20-11/h3H,1H2,2H3. The van der Waals surface area contributed by atoms with E-state index in [1.807, 2.05) is 0 Å². The molecule has 0 aliphatic carbocycles. The fourth-order valence-corrected chi connectivity index (χ4v) is 3.74. The molecule has 0 saturated heterocycles. The Hall–Kier alpha value is -1.06. The average molecular weight is 338 g/mol. The lowest BCUT2D eigenvalue weighted by atomic mass is 10.2. The number of rotatable bonds is 4. The minimum atomic E-state index is -1.48. The van der Waals surface area contributed by atoms with Crippen LogP contribution >= 0.6 is 34.9 Å². The molecule has 0 aliphatic heterocycles. The molecule has 1 heterocycles. The zero-order valence-electron chi connectivity index (χ0n) is 9.92. The Kier molecular flexibility index (Phi) is 4.71. The Bertz CT molecular complexity index is 643. The number of hydrogen-bond acceptors (Lipinski definition) is 5. The summed E-state index contributed by atoms with van der Waals surface area (Å²) < 4.78 is 55.5. The molecule has 0 aliphatic rings. The quantitative estimate of drug-likeness (QED) is 0.462. The van der Waals surface area contributed by atoms with E-state index in [-0.39, 0.29) is 4.34 Å². The molecule has 0 spiro atoms. The number of nitrogens with zero attached hydrogens (tertiary/aromatic N) is 2. The average Bonchev–Trinajstić information content (AvgIpc) is 2.90. The van der Waals surface area contributed by atoms with Crippen LogP contribution in [0.15, 0.2) is 20.2 Å². The van der Waals surface area contributed by atoms with Gasteiger partial charge >= 0.3 is 0 Å². The van der Waals surface area contributed by atoms with Gasteiger partial charge < -0.3 is 0 Å². The van der Waals surface area contributed by atoms with Crippen LogP contribution in [0, 0.1) is 23.3 Å². The van der Waals surface area contributed by atoms with E-state index in [9.17, 15) is 17.6 Å². The van der Waals surface area contributed by atoms with E-state index < -0.39 is 33.7 Å². The molecule has 20 heavy (non-hydrogen) atoms. The van der Waals surface area contributed by atoms with Gasteiger partial charge in [0, 0.05) is 0 Å². The number of thioether (sulfide) groups is 1. The summed E-state index contributed by atoms with van der Waals surface area (Å²) in [4.78, 5) is -0.783. The summed E-state index contributed by atoms with van der Waals surface area (Å²) in [6, 6.07) is 0. The van der Waals surface area contributed by atoms with E-state index in [4.69, 9.17) is 0 Å². The maximum absolute atomic E-state index is 13.8. The van der Waals surface area contributed by atoms with Gasteiger partial charge in [0.15, 0.2) is 31.9 Å². The molecule has 0 saturated carbocycles. The third-order valence-corrected chi connectivity index (χ3v) is 5.23. The largest absolute Gasteiger partial charge is 0.203 e. The second kappa shape index (κ2) is 6.15. The van der Waals surface area contributed by atoms with Crippen LogP contribution in [-0.4, -0.2) is 16.5 Å². The molecule has 106 valence electrons. The van der Waals surface area contributed by atoms with E-state index in [0.717, 1.165) is 17.4 Å². The van der Waals surface area contributed by atoms with Gasteiger partial charge in [-0.25, -0.2) is 17.6 Å². The zero-order chi connectivity index (χ0) is 14.9. The molecular weight excluding hydrogens is 332 g/mol. The van der Waals surface area contributed by atoms with Crippen LogP contribution in [0.25, 0.3) is 6.08 Å². The molecule has 0 atom stereocenters. The minimum absolute atomic E-state index is 0.192. The molecule has 2 nitrogen and oxygen atoms in total. The molecule has 0 bridgehead atoms. The Morgan fingerprint density at radius 2 is 1.55 bits per heavy atom. The van der Waals surface area contributed by atoms with Gasteiger partial charge in [0.25, 0.3) is 0 Å². The highest BCUT2D eigenvalue weighted by Gasteiger charge is 2.25. The van der Waals surface area contributed by atoms with Gasteiger partial charge in [0.05, 0.1) is 10.5 Å². The lowest BCUT2D eigenvalue weighted by Crippen LogP contribution is -2.02. The predicted octanol–water partition coefficient (Wildman–Crippen LogP) is 4.61. The van der Waals surface area contributed by atoms with Crippen molar-refractivity contribution >= 4 is 40.9 Å². The van der Waals surface area contributed by atoms with Gasteiger partial charge in [0.2, 0.25) is 0 Å². The van der Waals surface area contributed by atoms with Gasteiger partial charge in [-0.1, -0.05) is 47.5 Å². The smallest absolute Gasteiger partial charge is 0.180 e. The number of halogens is 4. The predicted molar refractivity (Wildman–Crippen MR) is 72.2 cm³/mol. The van der Waals surface area contributed by atoms with Crippen LogP contribution < -0.4 is 0 Å². The summed E-state index contributed by atoms with van der Waals surface area (Å²) in [6.07, 6.45) is 2.48. The third-order valence-electron chi connectivity index (χ3n) is 2.21. The number of hydrogen-bond donors (Lipinski definition) is 0. The van der Waals surface area contributed by atoms with Gasteiger partial charge in [0.1, 0.15) is 0 Å². The summed E-state index contributed by atoms with van der Waals surface area (Å²) >= 11 is 2.87. The van der Waals surface area contributed by atoms with Crippen LogP contribution in [0.5, 0.6) is 0 Å². The number of benzene rings is 1. The number of aromatic nitrogens is 2. The summed E-state index contributed by atoms with van der Waals surface area (Å²) in [7, 11) is 0. The minimum Gasteiger partial charge on any atom is -0.203 e. The van der Waals surface area contributed by atoms with Crippen LogP contribution in [0.3, 0.4) is 0 Å². The molecule has 0 fully saturated rings. The summed E-state index contributed by atoms with van der Waals surface area (Å²) in [5.74, 6) is -5.89. The first-order valence-corrected chi connectivity index (χ1v) is 7.89. The van der Waals surface area contributed by atoms with Crippen LogP contribution in [0.1, 0.15) is 5.56 Å². The van der Waals surface area contributed by atoms with Crippen molar-refractivity contribution in [2.45, 2.75) is 13.6 Å². The molecule has 2 aromatic rings. The summed E-state index contributed by atoms with van der Waals surface area (Å²) in [5, 5.41) is 7.41. The molecule has 1 aromatic carbocycles. The molecule has 0 radical (unpaired) electrons. The first kappa shape index (κ1) is 15.3. The lowest BCUT2D eigenvalue weighted by molar-refractivity contribution is 0.423. The second-order valence-electron chi connectivity index (χ2n) is 3.34. The molecular formula is C11H6F4N2S3.